The highest BCUT2D eigenvalue weighted by atomic mass is 16.5. The normalized spacial score (nSPS) is 19.1. The van der Waals surface area contributed by atoms with Crippen LogP contribution < -0.4 is 10.5 Å². The Balaban J connectivity index is 1.97. The molecule has 0 radical (unpaired) electrons. The van der Waals surface area contributed by atoms with E-state index in [2.05, 4.69) is 20.0 Å². The standard InChI is InChI=1S/C13H16N4O2/c1-8-7-12(18)15-13(14-8)17-5-3-4-10(17)11-6-9(2)16-19-11/h6-7,10H,3-5H2,1-2H3,(H,14,15,18). The smallest absolute Gasteiger partial charge is 0.252 e. The maximum absolute atomic E-state index is 11.6. The molecule has 0 aliphatic carbocycles. The molecule has 2 aromatic heterocycles. The molecule has 6 nitrogen and oxygen atoms in total. The number of rotatable bonds is 2. The molecule has 0 aromatic carbocycles. The van der Waals surface area contributed by atoms with Crippen molar-refractivity contribution in [3.8, 4) is 0 Å². The number of nitrogens with one attached hydrogen (secondary N) is 1. The first-order valence-electron chi connectivity index (χ1n) is 6.41. The van der Waals surface area contributed by atoms with Crippen molar-refractivity contribution in [3.63, 3.8) is 0 Å². The van der Waals surface area contributed by atoms with E-state index in [1.165, 1.54) is 6.07 Å². The molecule has 0 saturated carbocycles. The Morgan fingerprint density at radius 1 is 1.37 bits per heavy atom. The second kappa shape index (κ2) is 4.53. The number of aryl methyl sites for hydroxylation is 2. The lowest BCUT2D eigenvalue weighted by molar-refractivity contribution is 0.357. The van der Waals surface area contributed by atoms with Crippen molar-refractivity contribution in [2.24, 2.45) is 0 Å². The Morgan fingerprint density at radius 3 is 2.89 bits per heavy atom. The van der Waals surface area contributed by atoms with Crippen LogP contribution in [0.1, 0.15) is 36.0 Å². The van der Waals surface area contributed by atoms with Crippen molar-refractivity contribution in [1.29, 1.82) is 0 Å². The summed E-state index contributed by atoms with van der Waals surface area (Å²) in [6, 6.07) is 3.54. The van der Waals surface area contributed by atoms with Gasteiger partial charge in [0.25, 0.3) is 5.56 Å². The number of aromatic amines is 1. The molecule has 3 heterocycles. The van der Waals surface area contributed by atoms with Gasteiger partial charge in [0, 0.05) is 24.4 Å². The van der Waals surface area contributed by atoms with E-state index in [4.69, 9.17) is 4.52 Å². The molecule has 0 spiro atoms. The number of hydrogen-bond donors (Lipinski definition) is 1. The quantitative estimate of drug-likeness (QED) is 0.889. The molecule has 1 aliphatic rings. The van der Waals surface area contributed by atoms with Crippen LogP contribution in [0.15, 0.2) is 21.5 Å². The maximum atomic E-state index is 11.6. The predicted molar refractivity (Wildman–Crippen MR) is 70.2 cm³/mol. The summed E-state index contributed by atoms with van der Waals surface area (Å²) >= 11 is 0. The van der Waals surface area contributed by atoms with Crippen LogP contribution in [0.3, 0.4) is 0 Å². The van der Waals surface area contributed by atoms with Gasteiger partial charge in [0.05, 0.1) is 11.7 Å². The van der Waals surface area contributed by atoms with Crippen LogP contribution in [0.2, 0.25) is 0 Å². The van der Waals surface area contributed by atoms with E-state index in [1.54, 1.807) is 0 Å². The molecule has 6 heteroatoms. The molecule has 0 bridgehead atoms. The van der Waals surface area contributed by atoms with E-state index in [-0.39, 0.29) is 11.6 Å². The van der Waals surface area contributed by atoms with E-state index in [9.17, 15) is 4.79 Å². The van der Waals surface area contributed by atoms with Gasteiger partial charge in [-0.05, 0) is 26.7 Å². The van der Waals surface area contributed by atoms with Crippen LogP contribution in [0.25, 0.3) is 0 Å². The number of hydrogen-bond acceptors (Lipinski definition) is 5. The second-order valence-corrected chi connectivity index (χ2v) is 4.93. The Hall–Kier alpha value is -2.11. The van der Waals surface area contributed by atoms with Crippen LogP contribution in [0, 0.1) is 13.8 Å². The zero-order valence-corrected chi connectivity index (χ0v) is 11.0. The fraction of sp³-hybridized carbons (Fsp3) is 0.462. The predicted octanol–water partition coefficient (Wildman–Crippen LogP) is 1.72. The van der Waals surface area contributed by atoms with Crippen LogP contribution >= 0.6 is 0 Å². The van der Waals surface area contributed by atoms with Gasteiger partial charge in [-0.15, -0.1) is 0 Å². The molecular weight excluding hydrogens is 244 g/mol. The first-order chi connectivity index (χ1) is 9.13. The van der Waals surface area contributed by atoms with E-state index < -0.39 is 0 Å². The summed E-state index contributed by atoms with van der Waals surface area (Å²) < 4.78 is 5.35. The van der Waals surface area contributed by atoms with Gasteiger partial charge in [0.15, 0.2) is 5.76 Å². The van der Waals surface area contributed by atoms with Crippen LogP contribution in [0.5, 0.6) is 0 Å². The summed E-state index contributed by atoms with van der Waals surface area (Å²) in [6.45, 7) is 4.58. The summed E-state index contributed by atoms with van der Waals surface area (Å²) in [5.74, 6) is 1.45. The lowest BCUT2D eigenvalue weighted by Crippen LogP contribution is -2.27. The molecule has 100 valence electrons. The fourth-order valence-corrected chi connectivity index (χ4v) is 2.56. The van der Waals surface area contributed by atoms with Crippen molar-refractivity contribution in [2.75, 3.05) is 11.4 Å². The minimum atomic E-state index is -0.123. The van der Waals surface area contributed by atoms with Gasteiger partial charge in [-0.2, -0.15) is 0 Å². The lowest BCUT2D eigenvalue weighted by Gasteiger charge is -2.23. The Labute approximate surface area is 110 Å². The van der Waals surface area contributed by atoms with Crippen molar-refractivity contribution in [1.82, 2.24) is 15.1 Å². The molecule has 1 atom stereocenters. The van der Waals surface area contributed by atoms with Crippen molar-refractivity contribution < 1.29 is 4.52 Å². The highest BCUT2D eigenvalue weighted by Gasteiger charge is 2.30. The SMILES string of the molecule is Cc1cc(C2CCCN2c2nc(C)cc(=O)[nH]2)on1. The lowest BCUT2D eigenvalue weighted by atomic mass is 10.1. The molecule has 1 saturated heterocycles. The Bertz CT molecular complexity index is 646. The van der Waals surface area contributed by atoms with Gasteiger partial charge >= 0.3 is 0 Å². The average molecular weight is 260 g/mol. The molecule has 2 aromatic rings. The summed E-state index contributed by atoms with van der Waals surface area (Å²) in [5, 5.41) is 3.93. The van der Waals surface area contributed by atoms with Gasteiger partial charge < -0.3 is 9.42 Å². The van der Waals surface area contributed by atoms with Crippen molar-refractivity contribution in [3.05, 3.63) is 39.6 Å². The summed E-state index contributed by atoms with van der Waals surface area (Å²) in [4.78, 5) is 20.8. The van der Waals surface area contributed by atoms with Gasteiger partial charge in [0.1, 0.15) is 0 Å². The molecule has 19 heavy (non-hydrogen) atoms. The van der Waals surface area contributed by atoms with E-state index in [0.717, 1.165) is 36.5 Å². The summed E-state index contributed by atoms with van der Waals surface area (Å²) in [6.07, 6.45) is 2.02. The van der Waals surface area contributed by atoms with E-state index in [0.29, 0.717) is 5.95 Å². The molecule has 1 unspecified atom stereocenters. The molecule has 1 aliphatic heterocycles. The van der Waals surface area contributed by atoms with Gasteiger partial charge in [-0.1, -0.05) is 5.16 Å². The highest BCUT2D eigenvalue weighted by Crippen LogP contribution is 2.34. The minimum Gasteiger partial charge on any atom is -0.359 e. The minimum absolute atomic E-state index is 0.103. The number of aromatic nitrogens is 3. The monoisotopic (exact) mass is 260 g/mol. The number of anilines is 1. The average Bonchev–Trinajstić information content (AvgIpc) is 2.95. The molecular formula is C13H16N4O2. The summed E-state index contributed by atoms with van der Waals surface area (Å²) in [5.41, 5.74) is 1.47. The highest BCUT2D eigenvalue weighted by molar-refractivity contribution is 5.36. The Morgan fingerprint density at radius 2 is 2.21 bits per heavy atom. The molecule has 3 rings (SSSR count). The maximum Gasteiger partial charge on any atom is 0.252 e. The third-order valence-corrected chi connectivity index (χ3v) is 3.36. The van der Waals surface area contributed by atoms with Crippen LogP contribution in [-0.2, 0) is 0 Å². The first kappa shape index (κ1) is 12.0. The van der Waals surface area contributed by atoms with Crippen LogP contribution in [-0.4, -0.2) is 21.7 Å². The number of H-pyrrole nitrogens is 1. The Kier molecular flexibility index (Phi) is 2.85. The van der Waals surface area contributed by atoms with E-state index in [1.807, 2.05) is 19.9 Å². The zero-order valence-electron chi connectivity index (χ0n) is 11.0. The first-order valence-corrected chi connectivity index (χ1v) is 6.41. The van der Waals surface area contributed by atoms with Crippen molar-refractivity contribution in [2.45, 2.75) is 32.7 Å². The summed E-state index contributed by atoms with van der Waals surface area (Å²) in [7, 11) is 0. The topological polar surface area (TPSA) is 75.0 Å². The van der Waals surface area contributed by atoms with E-state index >= 15 is 0 Å². The fourth-order valence-electron chi connectivity index (χ4n) is 2.56. The van der Waals surface area contributed by atoms with Gasteiger partial charge in [-0.3, -0.25) is 9.78 Å². The van der Waals surface area contributed by atoms with Crippen LogP contribution in [0.4, 0.5) is 5.95 Å². The second-order valence-electron chi connectivity index (χ2n) is 4.93. The third kappa shape index (κ3) is 2.25. The third-order valence-electron chi connectivity index (χ3n) is 3.36. The zero-order chi connectivity index (χ0) is 13.4. The largest absolute Gasteiger partial charge is 0.359 e. The molecule has 0 amide bonds. The molecule has 1 fully saturated rings. The van der Waals surface area contributed by atoms with Gasteiger partial charge in [0.2, 0.25) is 5.95 Å². The number of nitrogens with zero attached hydrogens (tertiary/aromatic N) is 3. The van der Waals surface area contributed by atoms with Crippen molar-refractivity contribution >= 4 is 5.95 Å². The van der Waals surface area contributed by atoms with Gasteiger partial charge in [-0.25, -0.2) is 4.98 Å². The molecule has 1 N–H and O–H groups in total.